The van der Waals surface area contributed by atoms with E-state index < -0.39 is 0 Å². The fourth-order valence-electron chi connectivity index (χ4n) is 3.25. The lowest BCUT2D eigenvalue weighted by Crippen LogP contribution is -2.19. The number of aliphatic imine (C=N–C) groups is 1. The summed E-state index contributed by atoms with van der Waals surface area (Å²) in [6.07, 6.45) is 3.84. The van der Waals surface area contributed by atoms with Gasteiger partial charge < -0.3 is 9.88 Å². The van der Waals surface area contributed by atoms with E-state index in [0.29, 0.717) is 10.1 Å². The van der Waals surface area contributed by atoms with Crippen LogP contribution in [0.1, 0.15) is 11.3 Å². The first-order chi connectivity index (χ1) is 13.6. The number of rotatable bonds is 4. The zero-order valence-corrected chi connectivity index (χ0v) is 17.7. The third-order valence-corrected chi connectivity index (χ3v) is 6.01. The van der Waals surface area contributed by atoms with Gasteiger partial charge in [0, 0.05) is 33.2 Å². The molecule has 4 rings (SSSR count). The van der Waals surface area contributed by atoms with E-state index >= 15 is 0 Å². The smallest absolute Gasteiger partial charge is 0.264 e. The Bertz CT molecular complexity index is 1140. The predicted molar refractivity (Wildman–Crippen MR) is 122 cm³/mol. The van der Waals surface area contributed by atoms with E-state index in [4.69, 9.17) is 0 Å². The van der Waals surface area contributed by atoms with Gasteiger partial charge in [0.2, 0.25) is 0 Å². The molecule has 0 atom stereocenters. The van der Waals surface area contributed by atoms with E-state index in [9.17, 15) is 4.79 Å². The van der Waals surface area contributed by atoms with Crippen LogP contribution in [-0.4, -0.2) is 15.6 Å². The number of hydrogen-bond acceptors (Lipinski definition) is 3. The third-order valence-electron chi connectivity index (χ3n) is 4.57. The molecule has 1 amide bonds. The van der Waals surface area contributed by atoms with Gasteiger partial charge in [-0.05, 0) is 55.1 Å². The van der Waals surface area contributed by atoms with Gasteiger partial charge >= 0.3 is 0 Å². The number of amidine groups is 1. The van der Waals surface area contributed by atoms with Crippen LogP contribution in [0.2, 0.25) is 0 Å². The average Bonchev–Trinajstić information content (AvgIpc) is 3.16. The molecule has 140 valence electrons. The number of benzene rings is 2. The Balaban J connectivity index is 1.72. The van der Waals surface area contributed by atoms with Crippen molar-refractivity contribution in [3.05, 3.63) is 81.8 Å². The van der Waals surface area contributed by atoms with Gasteiger partial charge in [0.1, 0.15) is 0 Å². The summed E-state index contributed by atoms with van der Waals surface area (Å²) in [5.74, 6) is -0.124. The summed E-state index contributed by atoms with van der Waals surface area (Å²) in [6, 6.07) is 15.9. The van der Waals surface area contributed by atoms with Crippen molar-refractivity contribution in [1.82, 2.24) is 9.88 Å². The maximum absolute atomic E-state index is 12.5. The molecule has 1 fully saturated rings. The first-order valence-electron chi connectivity index (χ1n) is 8.80. The second-order valence-corrected chi connectivity index (χ2v) is 8.32. The van der Waals surface area contributed by atoms with Gasteiger partial charge in [-0.3, -0.25) is 4.79 Å². The summed E-state index contributed by atoms with van der Waals surface area (Å²) >= 11 is 4.77. The van der Waals surface area contributed by atoms with Crippen molar-refractivity contribution >= 4 is 61.4 Å². The highest BCUT2D eigenvalue weighted by Gasteiger charge is 2.25. The monoisotopic (exact) mass is 451 g/mol. The number of para-hydroxylation sites is 1. The van der Waals surface area contributed by atoms with Crippen LogP contribution < -0.4 is 5.32 Å². The van der Waals surface area contributed by atoms with Crippen molar-refractivity contribution in [3.63, 3.8) is 0 Å². The van der Waals surface area contributed by atoms with Crippen LogP contribution in [0.25, 0.3) is 17.0 Å². The van der Waals surface area contributed by atoms with Gasteiger partial charge in [0.25, 0.3) is 5.91 Å². The van der Waals surface area contributed by atoms with Crippen LogP contribution in [0.5, 0.6) is 0 Å². The van der Waals surface area contributed by atoms with Crippen LogP contribution in [0, 0.1) is 6.92 Å². The number of nitrogens with zero attached hydrogens (tertiary/aromatic N) is 2. The summed E-state index contributed by atoms with van der Waals surface area (Å²) < 4.78 is 3.20. The highest BCUT2D eigenvalue weighted by Crippen LogP contribution is 2.33. The molecule has 0 aliphatic carbocycles. The van der Waals surface area contributed by atoms with Gasteiger partial charge in [-0.15, -0.1) is 6.58 Å². The van der Waals surface area contributed by atoms with Crippen LogP contribution in [0.15, 0.2) is 75.6 Å². The lowest BCUT2D eigenvalue weighted by molar-refractivity contribution is -0.115. The van der Waals surface area contributed by atoms with Gasteiger partial charge in [-0.1, -0.05) is 40.2 Å². The fraction of sp³-hybridized carbons (Fsp3) is 0.0909. The van der Waals surface area contributed by atoms with Crippen molar-refractivity contribution in [2.24, 2.45) is 4.99 Å². The number of carbonyl (C=O) groups is 1. The second kappa shape index (κ2) is 7.81. The van der Waals surface area contributed by atoms with E-state index in [-0.39, 0.29) is 5.91 Å². The molecule has 1 aliphatic rings. The molecule has 0 bridgehead atoms. The topological polar surface area (TPSA) is 46.4 Å². The first kappa shape index (κ1) is 18.8. The molecule has 1 saturated heterocycles. The number of halogens is 1. The SMILES string of the molecule is C=CCn1c(C)c(/C=C2\SC(=Nc3ccc(Br)cc3)NC2=O)c2ccccc21. The van der Waals surface area contributed by atoms with Crippen molar-refractivity contribution < 1.29 is 4.79 Å². The Kier molecular flexibility index (Phi) is 5.24. The Morgan fingerprint density at radius 3 is 2.71 bits per heavy atom. The van der Waals surface area contributed by atoms with E-state index in [2.05, 4.69) is 56.4 Å². The zero-order chi connectivity index (χ0) is 19.7. The van der Waals surface area contributed by atoms with Crippen LogP contribution in [0.3, 0.4) is 0 Å². The van der Waals surface area contributed by atoms with Crippen molar-refractivity contribution in [2.75, 3.05) is 0 Å². The predicted octanol–water partition coefficient (Wildman–Crippen LogP) is 5.79. The van der Waals surface area contributed by atoms with E-state index in [1.807, 2.05) is 48.6 Å². The Hall–Kier alpha value is -2.57. The third kappa shape index (κ3) is 3.57. The molecule has 1 aromatic heterocycles. The van der Waals surface area contributed by atoms with Gasteiger partial charge in [-0.25, -0.2) is 4.99 Å². The first-order valence-corrected chi connectivity index (χ1v) is 10.4. The Morgan fingerprint density at radius 1 is 1.21 bits per heavy atom. The highest BCUT2D eigenvalue weighted by molar-refractivity contribution is 9.10. The summed E-state index contributed by atoms with van der Waals surface area (Å²) in [7, 11) is 0. The van der Waals surface area contributed by atoms with Gasteiger partial charge in [-0.2, -0.15) is 0 Å². The molecule has 3 aromatic rings. The molecular weight excluding hydrogens is 434 g/mol. The maximum atomic E-state index is 12.5. The minimum Gasteiger partial charge on any atom is -0.340 e. The summed E-state index contributed by atoms with van der Waals surface area (Å²) in [4.78, 5) is 17.7. The largest absolute Gasteiger partial charge is 0.340 e. The molecular formula is C22H18BrN3OS. The lowest BCUT2D eigenvalue weighted by Gasteiger charge is -2.04. The molecule has 2 aromatic carbocycles. The van der Waals surface area contributed by atoms with Crippen molar-refractivity contribution in [1.29, 1.82) is 0 Å². The standard InChI is InChI=1S/C22H18BrN3OS/c1-3-12-26-14(2)18(17-6-4-5-7-19(17)26)13-20-21(27)25-22(28-20)24-16-10-8-15(23)9-11-16/h3-11,13H,1,12H2,2H3,(H,24,25,27)/b20-13-. The molecule has 0 radical (unpaired) electrons. The summed E-state index contributed by atoms with van der Waals surface area (Å²) in [5.41, 5.74) is 4.10. The number of hydrogen-bond donors (Lipinski definition) is 1. The fourth-order valence-corrected chi connectivity index (χ4v) is 4.34. The second-order valence-electron chi connectivity index (χ2n) is 6.37. The number of thioether (sulfide) groups is 1. The molecule has 6 heteroatoms. The minimum atomic E-state index is -0.124. The molecule has 2 heterocycles. The summed E-state index contributed by atoms with van der Waals surface area (Å²) in [6.45, 7) is 6.66. The minimum absolute atomic E-state index is 0.124. The zero-order valence-electron chi connectivity index (χ0n) is 15.3. The maximum Gasteiger partial charge on any atom is 0.264 e. The Labute approximate surface area is 176 Å². The van der Waals surface area contributed by atoms with Crippen LogP contribution in [-0.2, 0) is 11.3 Å². The number of nitrogens with one attached hydrogen (secondary N) is 1. The Morgan fingerprint density at radius 2 is 1.96 bits per heavy atom. The molecule has 0 unspecified atom stereocenters. The number of carbonyl (C=O) groups excluding carboxylic acids is 1. The quantitative estimate of drug-likeness (QED) is 0.402. The van der Waals surface area contributed by atoms with E-state index in [1.54, 1.807) is 0 Å². The highest BCUT2D eigenvalue weighted by atomic mass is 79.9. The normalized spacial score (nSPS) is 16.9. The molecule has 1 N–H and O–H groups in total. The number of fused-ring (bicyclic) bond motifs is 1. The molecule has 1 aliphatic heterocycles. The van der Waals surface area contributed by atoms with Gasteiger partial charge in [0.05, 0.1) is 10.6 Å². The number of allylic oxidation sites excluding steroid dienone is 1. The van der Waals surface area contributed by atoms with E-state index in [0.717, 1.165) is 38.9 Å². The number of aromatic nitrogens is 1. The van der Waals surface area contributed by atoms with E-state index in [1.165, 1.54) is 11.8 Å². The average molecular weight is 452 g/mol. The molecule has 0 spiro atoms. The van der Waals surface area contributed by atoms with Crippen LogP contribution >= 0.6 is 27.7 Å². The summed E-state index contributed by atoms with van der Waals surface area (Å²) in [5, 5.41) is 4.57. The number of amides is 1. The van der Waals surface area contributed by atoms with Crippen molar-refractivity contribution in [2.45, 2.75) is 13.5 Å². The lowest BCUT2D eigenvalue weighted by atomic mass is 10.1. The molecule has 4 nitrogen and oxygen atoms in total. The molecule has 28 heavy (non-hydrogen) atoms. The van der Waals surface area contributed by atoms with Crippen LogP contribution in [0.4, 0.5) is 5.69 Å². The van der Waals surface area contributed by atoms with Gasteiger partial charge in [0.15, 0.2) is 5.17 Å². The van der Waals surface area contributed by atoms with Crippen molar-refractivity contribution in [3.8, 4) is 0 Å². The molecule has 0 saturated carbocycles.